The van der Waals surface area contributed by atoms with Crippen molar-refractivity contribution in [2.45, 2.75) is 32.9 Å². The van der Waals surface area contributed by atoms with Gasteiger partial charge in [-0.15, -0.1) is 0 Å². The molecule has 1 aliphatic heterocycles. The van der Waals surface area contributed by atoms with Gasteiger partial charge in [0.1, 0.15) is 0 Å². The number of halogens is 3. The second-order valence-electron chi connectivity index (χ2n) is 6.26. The Morgan fingerprint density at radius 1 is 1.00 bits per heavy atom. The van der Waals surface area contributed by atoms with Crippen LogP contribution in [0.15, 0.2) is 0 Å². The number of hydrogen-bond donors (Lipinski definition) is 1. The van der Waals surface area contributed by atoms with Crippen LogP contribution in [-0.4, -0.2) is 68.8 Å². The van der Waals surface area contributed by atoms with Crippen molar-refractivity contribution in [1.82, 2.24) is 15.1 Å². The molecule has 0 aromatic heterocycles. The molecular formula is C14H28F3N3. The van der Waals surface area contributed by atoms with Crippen LogP contribution in [-0.2, 0) is 0 Å². The molecule has 6 heteroatoms. The highest BCUT2D eigenvalue weighted by Crippen LogP contribution is 2.25. The second-order valence-corrected chi connectivity index (χ2v) is 6.26. The normalized spacial score (nSPS) is 21.9. The minimum absolute atomic E-state index is 0.204. The molecule has 0 aromatic rings. The maximum absolute atomic E-state index is 12.3. The number of nitrogens with zero attached hydrogens (tertiary/aromatic N) is 2. The largest absolute Gasteiger partial charge is 0.401 e. The van der Waals surface area contributed by atoms with Crippen molar-refractivity contribution in [1.29, 1.82) is 0 Å². The summed E-state index contributed by atoms with van der Waals surface area (Å²) in [5.41, 5.74) is 0.204. The molecular weight excluding hydrogens is 267 g/mol. The highest BCUT2D eigenvalue weighted by Gasteiger charge is 2.33. The Labute approximate surface area is 120 Å². The van der Waals surface area contributed by atoms with Crippen molar-refractivity contribution < 1.29 is 13.2 Å². The molecule has 0 aliphatic carbocycles. The third-order valence-corrected chi connectivity index (χ3v) is 3.93. The van der Waals surface area contributed by atoms with Crippen molar-refractivity contribution >= 4 is 0 Å². The summed E-state index contributed by atoms with van der Waals surface area (Å²) in [6, 6.07) is 0. The Kier molecular flexibility index (Phi) is 6.75. The molecule has 0 amide bonds. The predicted molar refractivity (Wildman–Crippen MR) is 75.9 cm³/mol. The molecule has 1 aliphatic rings. The third kappa shape index (κ3) is 6.41. The number of nitrogens with one attached hydrogen (secondary N) is 1. The summed E-state index contributed by atoms with van der Waals surface area (Å²) in [5, 5.41) is 3.24. The van der Waals surface area contributed by atoms with Crippen LogP contribution in [0.3, 0.4) is 0 Å². The molecule has 0 saturated carbocycles. The van der Waals surface area contributed by atoms with Gasteiger partial charge in [-0.1, -0.05) is 20.3 Å². The molecule has 1 fully saturated rings. The lowest BCUT2D eigenvalue weighted by Gasteiger charge is -2.40. The van der Waals surface area contributed by atoms with Gasteiger partial charge in [0.2, 0.25) is 0 Å². The van der Waals surface area contributed by atoms with Gasteiger partial charge in [0.05, 0.1) is 6.54 Å². The van der Waals surface area contributed by atoms with Crippen LogP contribution in [0.25, 0.3) is 0 Å². The van der Waals surface area contributed by atoms with E-state index in [9.17, 15) is 13.2 Å². The number of hydrogen-bond acceptors (Lipinski definition) is 3. The van der Waals surface area contributed by atoms with Gasteiger partial charge in [0.25, 0.3) is 0 Å². The Balaban J connectivity index is 2.40. The fourth-order valence-corrected chi connectivity index (χ4v) is 3.15. The van der Waals surface area contributed by atoms with Crippen LogP contribution in [0.4, 0.5) is 13.2 Å². The minimum Gasteiger partial charge on any atom is -0.319 e. The molecule has 20 heavy (non-hydrogen) atoms. The molecule has 1 saturated heterocycles. The molecule has 1 N–H and O–H groups in total. The zero-order valence-electron chi connectivity index (χ0n) is 12.9. The van der Waals surface area contributed by atoms with Crippen molar-refractivity contribution in [3.8, 4) is 0 Å². The Morgan fingerprint density at radius 2 is 1.50 bits per heavy atom. The van der Waals surface area contributed by atoms with Gasteiger partial charge in [-0.3, -0.25) is 4.90 Å². The fraction of sp³-hybridized carbons (Fsp3) is 1.00. The van der Waals surface area contributed by atoms with Crippen LogP contribution in [0.1, 0.15) is 26.7 Å². The first kappa shape index (κ1) is 17.7. The van der Waals surface area contributed by atoms with E-state index in [-0.39, 0.29) is 5.41 Å². The van der Waals surface area contributed by atoms with E-state index in [1.54, 1.807) is 0 Å². The Bertz CT molecular complexity index is 267. The molecule has 1 heterocycles. The maximum atomic E-state index is 12.3. The third-order valence-electron chi connectivity index (χ3n) is 3.93. The van der Waals surface area contributed by atoms with Crippen LogP contribution in [0, 0.1) is 5.41 Å². The average Bonchev–Trinajstić information content (AvgIpc) is 2.30. The van der Waals surface area contributed by atoms with E-state index in [0.717, 1.165) is 39.0 Å². The fourth-order valence-electron chi connectivity index (χ4n) is 3.15. The van der Waals surface area contributed by atoms with E-state index < -0.39 is 12.7 Å². The Hall–Kier alpha value is -0.330. The summed E-state index contributed by atoms with van der Waals surface area (Å²) in [6.45, 7) is 8.07. The molecule has 1 unspecified atom stereocenters. The van der Waals surface area contributed by atoms with Crippen LogP contribution < -0.4 is 5.32 Å². The van der Waals surface area contributed by atoms with Gasteiger partial charge < -0.3 is 10.2 Å². The molecule has 0 spiro atoms. The summed E-state index contributed by atoms with van der Waals surface area (Å²) in [5.74, 6) is 0. The first-order chi connectivity index (χ1) is 9.28. The van der Waals surface area contributed by atoms with E-state index in [2.05, 4.69) is 24.1 Å². The van der Waals surface area contributed by atoms with E-state index >= 15 is 0 Å². The quantitative estimate of drug-likeness (QED) is 0.777. The lowest BCUT2D eigenvalue weighted by Crippen LogP contribution is -2.52. The molecule has 1 rings (SSSR count). The lowest BCUT2D eigenvalue weighted by atomic mass is 9.84. The van der Waals surface area contributed by atoms with Crippen LogP contribution >= 0.6 is 0 Å². The van der Waals surface area contributed by atoms with E-state index in [0.29, 0.717) is 13.1 Å². The van der Waals surface area contributed by atoms with Gasteiger partial charge in [-0.2, -0.15) is 13.2 Å². The van der Waals surface area contributed by atoms with Crippen LogP contribution in [0.2, 0.25) is 0 Å². The van der Waals surface area contributed by atoms with Gasteiger partial charge >= 0.3 is 6.18 Å². The molecule has 1 atom stereocenters. The SMILES string of the molecule is CCCC(C)(CNC)CN1CCN(CC(F)(F)F)CC1. The van der Waals surface area contributed by atoms with Crippen LogP contribution in [0.5, 0.6) is 0 Å². The predicted octanol–water partition coefficient (Wildman–Crippen LogP) is 2.19. The first-order valence-corrected chi connectivity index (χ1v) is 7.44. The standard InChI is InChI=1S/C14H28F3N3/c1-4-5-13(2,10-18-3)11-19-6-8-20(9-7-19)12-14(15,16)17/h18H,4-12H2,1-3H3. The zero-order chi connectivity index (χ0) is 15.2. The monoisotopic (exact) mass is 295 g/mol. The topological polar surface area (TPSA) is 18.5 Å². The average molecular weight is 295 g/mol. The Morgan fingerprint density at radius 3 is 1.90 bits per heavy atom. The maximum Gasteiger partial charge on any atom is 0.401 e. The van der Waals surface area contributed by atoms with E-state index in [1.807, 2.05) is 7.05 Å². The molecule has 3 nitrogen and oxygen atoms in total. The summed E-state index contributed by atoms with van der Waals surface area (Å²) >= 11 is 0. The van der Waals surface area contributed by atoms with Crippen molar-refractivity contribution in [3.63, 3.8) is 0 Å². The first-order valence-electron chi connectivity index (χ1n) is 7.44. The summed E-state index contributed by atoms with van der Waals surface area (Å²) < 4.78 is 37.0. The van der Waals surface area contributed by atoms with Gasteiger partial charge in [-0.05, 0) is 18.9 Å². The summed E-state index contributed by atoms with van der Waals surface area (Å²) in [7, 11) is 1.95. The van der Waals surface area contributed by atoms with Crippen molar-refractivity contribution in [2.75, 3.05) is 52.9 Å². The van der Waals surface area contributed by atoms with Crippen molar-refractivity contribution in [3.05, 3.63) is 0 Å². The number of rotatable bonds is 7. The number of alkyl halides is 3. The molecule has 0 aromatic carbocycles. The molecule has 0 bridgehead atoms. The lowest BCUT2D eigenvalue weighted by molar-refractivity contribution is -0.149. The number of piperazine rings is 1. The van der Waals surface area contributed by atoms with E-state index in [1.165, 1.54) is 4.90 Å². The van der Waals surface area contributed by atoms with Crippen molar-refractivity contribution in [2.24, 2.45) is 5.41 Å². The molecule has 120 valence electrons. The highest BCUT2D eigenvalue weighted by atomic mass is 19.4. The second kappa shape index (κ2) is 7.61. The summed E-state index contributed by atoms with van der Waals surface area (Å²) in [6.07, 6.45) is -1.81. The zero-order valence-corrected chi connectivity index (χ0v) is 12.9. The van der Waals surface area contributed by atoms with E-state index in [4.69, 9.17) is 0 Å². The van der Waals surface area contributed by atoms with Gasteiger partial charge in [0.15, 0.2) is 0 Å². The smallest absolute Gasteiger partial charge is 0.319 e. The summed E-state index contributed by atoms with van der Waals surface area (Å²) in [4.78, 5) is 3.81. The van der Waals surface area contributed by atoms with Gasteiger partial charge in [-0.25, -0.2) is 0 Å². The van der Waals surface area contributed by atoms with Gasteiger partial charge in [0, 0.05) is 39.3 Å². The molecule has 0 radical (unpaired) electrons. The highest BCUT2D eigenvalue weighted by molar-refractivity contribution is 4.83. The minimum atomic E-state index is -4.08.